The van der Waals surface area contributed by atoms with Crippen molar-refractivity contribution in [2.75, 3.05) is 55.3 Å². The number of likely N-dealkylation sites (tertiary alicyclic amines) is 1. The number of fused-ring (bicyclic) bond motifs is 1. The number of rotatable bonds is 12. The molecule has 2 atom stereocenters. The molecule has 0 aromatic heterocycles. The number of anilines is 2. The molecule has 2 aromatic carbocycles. The molecule has 2 aliphatic heterocycles. The number of alkyl halides is 3. The number of nitrogens with one attached hydrogen (secondary N) is 2. The van der Waals surface area contributed by atoms with Crippen molar-refractivity contribution in [2.24, 2.45) is 0 Å². The van der Waals surface area contributed by atoms with Crippen molar-refractivity contribution in [2.45, 2.75) is 57.4 Å². The zero-order valence-corrected chi connectivity index (χ0v) is 23.8. The summed E-state index contributed by atoms with van der Waals surface area (Å²) in [5.74, 6) is -2.25. The van der Waals surface area contributed by atoms with E-state index in [0.29, 0.717) is 43.6 Å². The largest absolute Gasteiger partial charge is 0.380 e. The van der Waals surface area contributed by atoms with Gasteiger partial charge in [0.2, 0.25) is 10.0 Å². The average molecular weight is 589 g/mol. The van der Waals surface area contributed by atoms with E-state index in [4.69, 9.17) is 0 Å². The minimum Gasteiger partial charge on any atom is -0.380 e. The van der Waals surface area contributed by atoms with Crippen LogP contribution in [0.25, 0.3) is 0 Å². The SMILES string of the molecule is C[C@@H]1Cc2cc(NS(=O)(=O)CCF)ccc2[C@@H](c2c(F)cc(NC3CN(CCCF)C3)cc2F)N1CC(C)(C)F. The molecule has 2 N–H and O–H groups in total. The van der Waals surface area contributed by atoms with Crippen molar-refractivity contribution in [3.63, 3.8) is 0 Å². The predicted octanol–water partition coefficient (Wildman–Crippen LogP) is 5.22. The van der Waals surface area contributed by atoms with Crippen LogP contribution in [-0.4, -0.2) is 81.3 Å². The van der Waals surface area contributed by atoms with E-state index in [1.807, 2.05) is 6.92 Å². The Labute approximate surface area is 233 Å². The Morgan fingerprint density at radius 1 is 1.02 bits per heavy atom. The summed E-state index contributed by atoms with van der Waals surface area (Å²) in [5.41, 5.74) is -0.163. The average Bonchev–Trinajstić information content (AvgIpc) is 2.80. The monoisotopic (exact) mass is 588 g/mol. The molecular formula is C28H37F5N4O2S. The summed E-state index contributed by atoms with van der Waals surface area (Å²) in [6.45, 7) is 5.07. The second-order valence-electron chi connectivity index (χ2n) is 11.4. The Kier molecular flexibility index (Phi) is 9.31. The van der Waals surface area contributed by atoms with Crippen LogP contribution in [0, 0.1) is 11.6 Å². The van der Waals surface area contributed by atoms with Crippen LogP contribution in [0.15, 0.2) is 30.3 Å². The van der Waals surface area contributed by atoms with Gasteiger partial charge in [-0.1, -0.05) is 6.07 Å². The molecule has 0 saturated carbocycles. The predicted molar refractivity (Wildman–Crippen MR) is 148 cm³/mol. The lowest BCUT2D eigenvalue weighted by atomic mass is 9.83. The fourth-order valence-corrected chi connectivity index (χ4v) is 6.40. The molecular weight excluding hydrogens is 551 g/mol. The number of sulfonamides is 1. The Morgan fingerprint density at radius 3 is 2.30 bits per heavy atom. The highest BCUT2D eigenvalue weighted by atomic mass is 32.2. The van der Waals surface area contributed by atoms with Crippen molar-refractivity contribution in [3.05, 3.63) is 58.7 Å². The molecule has 12 heteroatoms. The number of nitrogens with zero attached hydrogens (tertiary/aromatic N) is 2. The third-order valence-electron chi connectivity index (χ3n) is 7.32. The van der Waals surface area contributed by atoms with E-state index in [9.17, 15) is 21.6 Å². The molecule has 4 rings (SSSR count). The molecule has 1 fully saturated rings. The summed E-state index contributed by atoms with van der Waals surface area (Å²) >= 11 is 0. The first kappa shape index (κ1) is 30.5. The first-order valence-electron chi connectivity index (χ1n) is 13.5. The highest BCUT2D eigenvalue weighted by Crippen LogP contribution is 2.42. The molecule has 0 bridgehead atoms. The van der Waals surface area contributed by atoms with E-state index >= 15 is 8.78 Å². The molecule has 6 nitrogen and oxygen atoms in total. The first-order valence-corrected chi connectivity index (χ1v) is 15.1. The molecule has 2 heterocycles. The minimum absolute atomic E-state index is 0.0110. The lowest BCUT2D eigenvalue weighted by Crippen LogP contribution is -2.54. The van der Waals surface area contributed by atoms with E-state index in [0.717, 1.165) is 0 Å². The number of halogens is 5. The van der Waals surface area contributed by atoms with Gasteiger partial charge in [0.15, 0.2) is 0 Å². The zero-order valence-electron chi connectivity index (χ0n) is 23.0. The summed E-state index contributed by atoms with van der Waals surface area (Å²) in [4.78, 5) is 3.79. The van der Waals surface area contributed by atoms with Crippen LogP contribution < -0.4 is 10.0 Å². The standard InChI is InChI=1S/C28H37F5N4O2S/c1-18-11-19-12-20(35-40(38,39)10-8-30)5-6-23(19)27(37(18)17-28(2,3)33)26-24(31)13-21(14-25(26)32)34-22-15-36(16-22)9-4-7-29/h5-6,12-14,18,22,27,34-35H,4,7-11,15-17H2,1-3H3/t18-,27+/m1/s1. The van der Waals surface area contributed by atoms with Crippen LogP contribution >= 0.6 is 0 Å². The number of benzene rings is 2. The topological polar surface area (TPSA) is 64.7 Å². The summed E-state index contributed by atoms with van der Waals surface area (Å²) in [6.07, 6.45) is 0.840. The van der Waals surface area contributed by atoms with E-state index < -0.39 is 45.8 Å². The van der Waals surface area contributed by atoms with Gasteiger partial charge in [0.1, 0.15) is 24.0 Å². The maximum absolute atomic E-state index is 15.7. The van der Waals surface area contributed by atoms with Crippen molar-refractivity contribution < 1.29 is 30.4 Å². The van der Waals surface area contributed by atoms with Crippen molar-refractivity contribution in [3.8, 4) is 0 Å². The molecule has 0 radical (unpaired) electrons. The normalized spacial score (nSPS) is 20.7. The van der Waals surface area contributed by atoms with Gasteiger partial charge in [-0.15, -0.1) is 0 Å². The third-order valence-corrected chi connectivity index (χ3v) is 8.56. The van der Waals surface area contributed by atoms with Gasteiger partial charge in [-0.3, -0.25) is 18.9 Å². The van der Waals surface area contributed by atoms with Crippen LogP contribution in [0.4, 0.5) is 33.3 Å². The molecule has 222 valence electrons. The van der Waals surface area contributed by atoms with Gasteiger partial charge in [0.05, 0.1) is 24.5 Å². The Balaban J connectivity index is 1.66. The fourth-order valence-electron chi connectivity index (χ4n) is 5.61. The Bertz CT molecular complexity index is 1280. The van der Waals surface area contributed by atoms with E-state index in [2.05, 4.69) is 14.9 Å². The van der Waals surface area contributed by atoms with Crippen LogP contribution in [0.5, 0.6) is 0 Å². The van der Waals surface area contributed by atoms with Gasteiger partial charge in [-0.25, -0.2) is 26.0 Å². The van der Waals surface area contributed by atoms with Crippen LogP contribution in [0.1, 0.15) is 49.9 Å². The van der Waals surface area contributed by atoms with Gasteiger partial charge in [0, 0.05) is 49.2 Å². The van der Waals surface area contributed by atoms with Gasteiger partial charge in [-0.2, -0.15) is 0 Å². The minimum atomic E-state index is -3.89. The molecule has 1 saturated heterocycles. The number of hydrogen-bond acceptors (Lipinski definition) is 5. The molecule has 0 amide bonds. The molecule has 0 spiro atoms. The Morgan fingerprint density at radius 2 is 1.70 bits per heavy atom. The first-order chi connectivity index (χ1) is 18.8. The summed E-state index contributed by atoms with van der Waals surface area (Å²) in [6, 6.07) is 5.81. The Hall–Kier alpha value is -2.44. The summed E-state index contributed by atoms with van der Waals surface area (Å²) < 4.78 is 98.0. The maximum Gasteiger partial charge on any atom is 0.235 e. The van der Waals surface area contributed by atoms with Crippen molar-refractivity contribution in [1.29, 1.82) is 0 Å². The van der Waals surface area contributed by atoms with E-state index in [1.165, 1.54) is 32.0 Å². The van der Waals surface area contributed by atoms with E-state index in [-0.39, 0.29) is 42.2 Å². The highest BCUT2D eigenvalue weighted by Gasteiger charge is 2.39. The quantitative estimate of drug-likeness (QED) is 0.333. The molecule has 0 aliphatic carbocycles. The number of hydrogen-bond donors (Lipinski definition) is 2. The molecule has 2 aliphatic rings. The van der Waals surface area contributed by atoms with Crippen molar-refractivity contribution >= 4 is 21.4 Å². The van der Waals surface area contributed by atoms with Gasteiger partial charge in [-0.05, 0) is 69.0 Å². The molecule has 0 unspecified atom stereocenters. The van der Waals surface area contributed by atoms with Gasteiger partial charge >= 0.3 is 0 Å². The highest BCUT2D eigenvalue weighted by molar-refractivity contribution is 7.92. The summed E-state index contributed by atoms with van der Waals surface area (Å²) in [7, 11) is -3.89. The lowest BCUT2D eigenvalue weighted by Gasteiger charge is -2.44. The maximum atomic E-state index is 15.7. The smallest absolute Gasteiger partial charge is 0.235 e. The van der Waals surface area contributed by atoms with Crippen molar-refractivity contribution in [1.82, 2.24) is 9.80 Å². The second-order valence-corrected chi connectivity index (χ2v) is 13.2. The zero-order chi connectivity index (χ0) is 29.2. The van der Waals surface area contributed by atoms with Crippen LogP contribution in [0.3, 0.4) is 0 Å². The van der Waals surface area contributed by atoms with Gasteiger partial charge in [0.25, 0.3) is 0 Å². The fraction of sp³-hybridized carbons (Fsp3) is 0.571. The van der Waals surface area contributed by atoms with Gasteiger partial charge < -0.3 is 5.32 Å². The second kappa shape index (κ2) is 12.2. The van der Waals surface area contributed by atoms with Crippen LogP contribution in [-0.2, 0) is 16.4 Å². The van der Waals surface area contributed by atoms with E-state index in [1.54, 1.807) is 17.0 Å². The van der Waals surface area contributed by atoms with Crippen LogP contribution in [0.2, 0.25) is 0 Å². The molecule has 40 heavy (non-hydrogen) atoms. The third kappa shape index (κ3) is 7.25. The lowest BCUT2D eigenvalue weighted by molar-refractivity contribution is 0.0653. The summed E-state index contributed by atoms with van der Waals surface area (Å²) in [5, 5.41) is 3.13. The molecule has 2 aromatic rings.